The molecule has 0 N–H and O–H groups in total. The van der Waals surface area contributed by atoms with Gasteiger partial charge < -0.3 is 0 Å². The SMILES string of the molecule is CC(/C=C(/CCl)C1CCCCC1)c1ccccc1. The molecule has 1 aliphatic carbocycles. The molecular formula is C17H23Cl. The Balaban J connectivity index is 2.08. The average molecular weight is 263 g/mol. The molecule has 0 amide bonds. The first-order valence-electron chi connectivity index (χ1n) is 7.12. The van der Waals surface area contributed by atoms with Crippen LogP contribution in [0.3, 0.4) is 0 Å². The highest BCUT2D eigenvalue weighted by atomic mass is 35.5. The first-order valence-corrected chi connectivity index (χ1v) is 7.66. The van der Waals surface area contributed by atoms with Gasteiger partial charge in [0.2, 0.25) is 0 Å². The Kier molecular flexibility index (Phi) is 5.31. The van der Waals surface area contributed by atoms with Crippen molar-refractivity contribution in [3.63, 3.8) is 0 Å². The minimum Gasteiger partial charge on any atom is -0.122 e. The average Bonchev–Trinajstić information content (AvgIpc) is 2.46. The van der Waals surface area contributed by atoms with Crippen LogP contribution in [0.4, 0.5) is 0 Å². The third-order valence-corrected chi connectivity index (χ3v) is 4.38. The lowest BCUT2D eigenvalue weighted by Crippen LogP contribution is -2.11. The van der Waals surface area contributed by atoms with Gasteiger partial charge >= 0.3 is 0 Å². The van der Waals surface area contributed by atoms with Gasteiger partial charge in [0.15, 0.2) is 0 Å². The summed E-state index contributed by atoms with van der Waals surface area (Å²) in [5.41, 5.74) is 2.85. The Hall–Kier alpha value is -0.750. The summed E-state index contributed by atoms with van der Waals surface area (Å²) in [6, 6.07) is 10.7. The normalized spacial score (nSPS) is 19.8. The summed E-state index contributed by atoms with van der Waals surface area (Å²) < 4.78 is 0. The van der Waals surface area contributed by atoms with Gasteiger partial charge in [0, 0.05) is 5.88 Å². The van der Waals surface area contributed by atoms with Crippen molar-refractivity contribution in [3.05, 3.63) is 47.5 Å². The van der Waals surface area contributed by atoms with E-state index in [1.54, 1.807) is 0 Å². The predicted octanol–water partition coefficient (Wildman–Crippen LogP) is 5.54. The number of halogens is 1. The van der Waals surface area contributed by atoms with Gasteiger partial charge in [-0.25, -0.2) is 0 Å². The summed E-state index contributed by atoms with van der Waals surface area (Å²) in [4.78, 5) is 0. The van der Waals surface area contributed by atoms with Crippen LogP contribution < -0.4 is 0 Å². The maximum absolute atomic E-state index is 6.16. The molecule has 1 aliphatic rings. The number of allylic oxidation sites excluding steroid dienone is 2. The molecular weight excluding hydrogens is 240 g/mol. The number of rotatable bonds is 4. The van der Waals surface area contributed by atoms with Crippen molar-refractivity contribution in [2.75, 3.05) is 5.88 Å². The van der Waals surface area contributed by atoms with Crippen molar-refractivity contribution in [2.24, 2.45) is 5.92 Å². The fourth-order valence-corrected chi connectivity index (χ4v) is 3.24. The maximum Gasteiger partial charge on any atom is 0.0436 e. The number of hydrogen-bond donors (Lipinski definition) is 0. The van der Waals surface area contributed by atoms with Gasteiger partial charge in [-0.3, -0.25) is 0 Å². The van der Waals surface area contributed by atoms with Crippen LogP contribution in [-0.4, -0.2) is 5.88 Å². The van der Waals surface area contributed by atoms with E-state index < -0.39 is 0 Å². The van der Waals surface area contributed by atoms with Crippen molar-refractivity contribution >= 4 is 11.6 Å². The van der Waals surface area contributed by atoms with E-state index in [0.717, 1.165) is 5.92 Å². The zero-order valence-electron chi connectivity index (χ0n) is 11.2. The van der Waals surface area contributed by atoms with E-state index in [9.17, 15) is 0 Å². The summed E-state index contributed by atoms with van der Waals surface area (Å²) in [7, 11) is 0. The molecule has 0 radical (unpaired) electrons. The van der Waals surface area contributed by atoms with Crippen molar-refractivity contribution in [1.82, 2.24) is 0 Å². The van der Waals surface area contributed by atoms with E-state index in [2.05, 4.69) is 43.3 Å². The zero-order valence-corrected chi connectivity index (χ0v) is 12.0. The number of alkyl halides is 1. The summed E-state index contributed by atoms with van der Waals surface area (Å²) in [5.74, 6) is 1.91. The predicted molar refractivity (Wildman–Crippen MR) is 80.2 cm³/mol. The Labute approximate surface area is 116 Å². The first-order chi connectivity index (χ1) is 8.81. The quantitative estimate of drug-likeness (QED) is 0.494. The van der Waals surface area contributed by atoms with Crippen LogP contribution in [-0.2, 0) is 0 Å². The highest BCUT2D eigenvalue weighted by Gasteiger charge is 2.17. The number of hydrogen-bond acceptors (Lipinski definition) is 0. The fourth-order valence-electron chi connectivity index (χ4n) is 2.94. The minimum atomic E-state index is 0.474. The Morgan fingerprint density at radius 1 is 1.22 bits per heavy atom. The Bertz CT molecular complexity index is 374. The molecule has 1 fully saturated rings. The van der Waals surface area contributed by atoms with Gasteiger partial charge in [-0.05, 0) is 30.2 Å². The molecule has 0 bridgehead atoms. The molecule has 0 aliphatic heterocycles. The van der Waals surface area contributed by atoms with Gasteiger partial charge in [0.1, 0.15) is 0 Å². The third-order valence-electron chi connectivity index (χ3n) is 4.07. The van der Waals surface area contributed by atoms with Crippen LogP contribution in [0.2, 0.25) is 0 Å². The molecule has 18 heavy (non-hydrogen) atoms. The molecule has 1 aromatic rings. The Morgan fingerprint density at radius 2 is 1.89 bits per heavy atom. The van der Waals surface area contributed by atoms with E-state index in [0.29, 0.717) is 11.8 Å². The molecule has 0 saturated heterocycles. The van der Waals surface area contributed by atoms with E-state index >= 15 is 0 Å². The number of benzene rings is 1. The molecule has 2 rings (SSSR count). The van der Waals surface area contributed by atoms with Crippen LogP contribution in [0, 0.1) is 5.92 Å². The summed E-state index contributed by atoms with van der Waals surface area (Å²) in [5, 5.41) is 0. The van der Waals surface area contributed by atoms with Gasteiger partial charge in [0.05, 0.1) is 0 Å². The van der Waals surface area contributed by atoms with E-state index in [4.69, 9.17) is 11.6 Å². The largest absolute Gasteiger partial charge is 0.122 e. The zero-order chi connectivity index (χ0) is 12.8. The lowest BCUT2D eigenvalue weighted by atomic mass is 9.82. The summed E-state index contributed by atoms with van der Waals surface area (Å²) in [6.07, 6.45) is 9.22. The topological polar surface area (TPSA) is 0 Å². The molecule has 0 heterocycles. The summed E-state index contributed by atoms with van der Waals surface area (Å²) >= 11 is 6.16. The molecule has 98 valence electrons. The van der Waals surface area contributed by atoms with Crippen molar-refractivity contribution in [1.29, 1.82) is 0 Å². The second-order valence-electron chi connectivity index (χ2n) is 5.41. The molecule has 1 heteroatoms. The van der Waals surface area contributed by atoms with Crippen LogP contribution >= 0.6 is 11.6 Å². The van der Waals surface area contributed by atoms with Gasteiger partial charge in [-0.2, -0.15) is 0 Å². The first kappa shape index (κ1) is 13.7. The van der Waals surface area contributed by atoms with Crippen LogP contribution in [0.5, 0.6) is 0 Å². The van der Waals surface area contributed by atoms with Gasteiger partial charge in [-0.15, -0.1) is 11.6 Å². The molecule has 0 spiro atoms. The molecule has 1 unspecified atom stereocenters. The maximum atomic E-state index is 6.16. The van der Waals surface area contributed by atoms with Crippen LogP contribution in [0.15, 0.2) is 42.0 Å². The minimum absolute atomic E-state index is 0.474. The van der Waals surface area contributed by atoms with Gasteiger partial charge in [0.25, 0.3) is 0 Å². The second kappa shape index (κ2) is 6.99. The lowest BCUT2D eigenvalue weighted by molar-refractivity contribution is 0.402. The highest BCUT2D eigenvalue weighted by molar-refractivity contribution is 6.19. The standard InChI is InChI=1S/C17H23Cl/c1-14(15-8-4-2-5-9-15)12-17(13-18)16-10-6-3-7-11-16/h2,4-5,8-9,12,14,16H,3,6-7,10-11,13H2,1H3/b17-12-. The molecule has 0 aromatic heterocycles. The fraction of sp³-hybridized carbons (Fsp3) is 0.529. The van der Waals surface area contributed by atoms with Crippen molar-refractivity contribution in [2.45, 2.75) is 44.9 Å². The van der Waals surface area contributed by atoms with Crippen molar-refractivity contribution < 1.29 is 0 Å². The monoisotopic (exact) mass is 262 g/mol. The molecule has 0 nitrogen and oxygen atoms in total. The van der Waals surface area contributed by atoms with Gasteiger partial charge in [-0.1, -0.05) is 68.2 Å². The van der Waals surface area contributed by atoms with E-state index in [-0.39, 0.29) is 0 Å². The van der Waals surface area contributed by atoms with E-state index in [1.807, 2.05) is 0 Å². The second-order valence-corrected chi connectivity index (χ2v) is 5.68. The van der Waals surface area contributed by atoms with E-state index in [1.165, 1.54) is 43.2 Å². The smallest absolute Gasteiger partial charge is 0.0436 e. The van der Waals surface area contributed by atoms with Crippen molar-refractivity contribution in [3.8, 4) is 0 Å². The molecule has 1 saturated carbocycles. The highest BCUT2D eigenvalue weighted by Crippen LogP contribution is 2.32. The third kappa shape index (κ3) is 3.62. The lowest BCUT2D eigenvalue weighted by Gasteiger charge is -2.24. The molecule has 1 aromatic carbocycles. The molecule has 1 atom stereocenters. The summed E-state index contributed by atoms with van der Waals surface area (Å²) in [6.45, 7) is 2.27. The Morgan fingerprint density at radius 3 is 2.50 bits per heavy atom. The van der Waals surface area contributed by atoms with Crippen LogP contribution in [0.25, 0.3) is 0 Å². The van der Waals surface area contributed by atoms with Crippen LogP contribution in [0.1, 0.15) is 50.5 Å².